The van der Waals surface area contributed by atoms with E-state index < -0.39 is 17.4 Å². The fourth-order valence-electron chi connectivity index (χ4n) is 4.58. The van der Waals surface area contributed by atoms with Crippen molar-refractivity contribution in [2.75, 3.05) is 17.6 Å². The number of ether oxygens (including phenoxy) is 1. The van der Waals surface area contributed by atoms with E-state index in [1.165, 1.54) is 34.8 Å². The van der Waals surface area contributed by atoms with Gasteiger partial charge in [-0.25, -0.2) is 18.4 Å². The number of ketones is 1. The number of aromatic amines is 1. The van der Waals surface area contributed by atoms with E-state index in [1.807, 2.05) is 6.07 Å². The third-order valence-corrected chi connectivity index (χ3v) is 6.49. The zero-order valence-electron chi connectivity index (χ0n) is 19.8. The molecule has 0 spiro atoms. The second kappa shape index (κ2) is 8.74. The Balaban J connectivity index is 1.29. The van der Waals surface area contributed by atoms with Crippen molar-refractivity contribution in [3.8, 4) is 17.3 Å². The minimum atomic E-state index is -0.837. The first-order chi connectivity index (χ1) is 17.9. The Morgan fingerprint density at radius 2 is 1.95 bits per heavy atom. The van der Waals surface area contributed by atoms with Crippen molar-refractivity contribution < 1.29 is 18.3 Å². The molecule has 1 aliphatic heterocycles. The number of aryl methyl sites for hydroxylation is 2. The maximum Gasteiger partial charge on any atom is 0.219 e. The number of nitrogens with zero attached hydrogens (tertiary/aromatic N) is 3. The molecule has 1 aliphatic rings. The van der Waals surface area contributed by atoms with E-state index in [1.54, 1.807) is 6.92 Å². The average Bonchev–Trinajstić information content (AvgIpc) is 3.47. The smallest absolute Gasteiger partial charge is 0.219 e. The number of carbonyl (C=O) groups is 1. The SMILES string of the molecule is Cc1cc(Oc2c(F)cccc2F)ncc1-n1ncc(C(=O)c2cc3cc4c(cc3[nH]2)CCCN4)c1N. The van der Waals surface area contributed by atoms with Crippen LogP contribution in [0.15, 0.2) is 54.9 Å². The van der Waals surface area contributed by atoms with E-state index in [4.69, 9.17) is 10.5 Å². The molecule has 0 amide bonds. The molecule has 0 aliphatic carbocycles. The molecule has 0 saturated carbocycles. The van der Waals surface area contributed by atoms with Crippen molar-refractivity contribution >= 4 is 28.2 Å². The van der Waals surface area contributed by atoms with Crippen molar-refractivity contribution in [2.24, 2.45) is 0 Å². The summed E-state index contributed by atoms with van der Waals surface area (Å²) in [4.78, 5) is 20.7. The van der Waals surface area contributed by atoms with Gasteiger partial charge in [0.1, 0.15) is 5.82 Å². The van der Waals surface area contributed by atoms with Gasteiger partial charge in [0.2, 0.25) is 17.4 Å². The Kier molecular flexibility index (Phi) is 5.36. The van der Waals surface area contributed by atoms with E-state index >= 15 is 0 Å². The molecule has 0 atom stereocenters. The summed E-state index contributed by atoms with van der Waals surface area (Å²) in [7, 11) is 0. The van der Waals surface area contributed by atoms with Gasteiger partial charge < -0.3 is 20.8 Å². The summed E-state index contributed by atoms with van der Waals surface area (Å²) in [6.07, 6.45) is 4.89. The lowest BCUT2D eigenvalue weighted by Crippen LogP contribution is -2.11. The predicted molar refractivity (Wildman–Crippen MR) is 135 cm³/mol. The van der Waals surface area contributed by atoms with E-state index in [0.717, 1.165) is 48.1 Å². The number of anilines is 2. The number of hydrogen-bond donors (Lipinski definition) is 3. The molecule has 0 bridgehead atoms. The number of para-hydroxylation sites is 1. The van der Waals surface area contributed by atoms with Crippen molar-refractivity contribution in [1.82, 2.24) is 19.7 Å². The summed E-state index contributed by atoms with van der Waals surface area (Å²) in [6.45, 7) is 2.68. The number of H-pyrrole nitrogens is 1. The lowest BCUT2D eigenvalue weighted by molar-refractivity contribution is 0.103. The third kappa shape index (κ3) is 3.96. The van der Waals surface area contributed by atoms with Crippen molar-refractivity contribution in [3.63, 3.8) is 0 Å². The van der Waals surface area contributed by atoms with Crippen LogP contribution in [0.4, 0.5) is 20.3 Å². The number of pyridine rings is 1. The Morgan fingerprint density at radius 1 is 1.14 bits per heavy atom. The van der Waals surface area contributed by atoms with Crippen LogP contribution in [0.2, 0.25) is 0 Å². The van der Waals surface area contributed by atoms with Gasteiger partial charge in [-0.1, -0.05) is 6.07 Å². The first-order valence-corrected chi connectivity index (χ1v) is 11.8. The molecule has 0 saturated heterocycles. The third-order valence-electron chi connectivity index (χ3n) is 6.49. The minimum Gasteiger partial charge on any atom is -0.433 e. The number of carbonyl (C=O) groups excluding carboxylic acids is 1. The summed E-state index contributed by atoms with van der Waals surface area (Å²) < 4.78 is 34.6. The normalized spacial score (nSPS) is 12.8. The number of fused-ring (bicyclic) bond motifs is 2. The number of nitrogens with two attached hydrogens (primary N) is 1. The van der Waals surface area contributed by atoms with Crippen LogP contribution in [0.25, 0.3) is 16.6 Å². The van der Waals surface area contributed by atoms with Gasteiger partial charge in [-0.15, -0.1) is 0 Å². The quantitative estimate of drug-likeness (QED) is 0.283. The summed E-state index contributed by atoms with van der Waals surface area (Å²) >= 11 is 0. The Bertz CT molecular complexity index is 1630. The average molecular weight is 501 g/mol. The highest BCUT2D eigenvalue weighted by Crippen LogP contribution is 2.31. The van der Waals surface area contributed by atoms with Crippen LogP contribution < -0.4 is 15.8 Å². The lowest BCUT2D eigenvalue weighted by atomic mass is 10.0. The molecule has 8 nitrogen and oxygen atoms in total. The van der Waals surface area contributed by atoms with Gasteiger partial charge in [-0.3, -0.25) is 4.79 Å². The van der Waals surface area contributed by atoms with Gasteiger partial charge in [0.05, 0.1) is 29.3 Å². The van der Waals surface area contributed by atoms with E-state index in [-0.39, 0.29) is 23.0 Å². The van der Waals surface area contributed by atoms with Gasteiger partial charge in [0, 0.05) is 29.2 Å². The molecule has 0 unspecified atom stereocenters. The Labute approximate surface area is 210 Å². The fraction of sp³-hybridized carbons (Fsp3) is 0.148. The van der Waals surface area contributed by atoms with Gasteiger partial charge in [0.15, 0.2) is 11.6 Å². The van der Waals surface area contributed by atoms with Crippen molar-refractivity contribution in [2.45, 2.75) is 19.8 Å². The van der Waals surface area contributed by atoms with Crippen molar-refractivity contribution in [3.05, 3.63) is 88.9 Å². The number of hydrogen-bond acceptors (Lipinski definition) is 6. The van der Waals surface area contributed by atoms with Gasteiger partial charge in [-0.05, 0) is 61.2 Å². The standard InChI is InChI=1S/C27H22F2N6O2/c1-14-8-24(37-26-18(28)5-2-6-19(26)29)32-13-23(14)35-27(30)17(12-33-35)25(36)22-11-16-10-20-15(4-3-7-31-20)9-21(16)34-22/h2,5-6,8-13,31,34H,3-4,7,30H2,1H3. The topological polar surface area (TPSA) is 111 Å². The molecular formula is C27H22F2N6O2. The van der Waals surface area contributed by atoms with E-state index in [9.17, 15) is 13.6 Å². The number of halogens is 2. The van der Waals surface area contributed by atoms with Crippen LogP contribution in [0.3, 0.4) is 0 Å². The summed E-state index contributed by atoms with van der Waals surface area (Å²) in [6, 6.07) is 10.9. The zero-order valence-corrected chi connectivity index (χ0v) is 19.8. The molecule has 4 N–H and O–H groups in total. The first kappa shape index (κ1) is 22.7. The summed E-state index contributed by atoms with van der Waals surface area (Å²) in [5.74, 6) is -2.35. The lowest BCUT2D eigenvalue weighted by Gasteiger charge is -2.17. The van der Waals surface area contributed by atoms with Gasteiger partial charge in [0.25, 0.3) is 0 Å². The summed E-state index contributed by atoms with van der Waals surface area (Å²) in [5, 5.41) is 8.63. The van der Waals surface area contributed by atoms with Gasteiger partial charge in [-0.2, -0.15) is 5.10 Å². The molecule has 37 heavy (non-hydrogen) atoms. The molecule has 0 fully saturated rings. The van der Waals surface area contributed by atoms with E-state index in [2.05, 4.69) is 32.5 Å². The van der Waals surface area contributed by atoms with E-state index in [0.29, 0.717) is 16.9 Å². The molecule has 6 rings (SSSR count). The largest absolute Gasteiger partial charge is 0.433 e. The maximum absolute atomic E-state index is 13.9. The molecule has 3 aromatic heterocycles. The van der Waals surface area contributed by atoms with Crippen LogP contribution in [0.5, 0.6) is 11.6 Å². The number of nitrogen functional groups attached to an aromatic ring is 1. The maximum atomic E-state index is 13.9. The molecule has 10 heteroatoms. The monoisotopic (exact) mass is 500 g/mol. The van der Waals surface area contributed by atoms with Crippen LogP contribution >= 0.6 is 0 Å². The second-order valence-electron chi connectivity index (χ2n) is 8.96. The first-order valence-electron chi connectivity index (χ1n) is 11.8. The molecule has 4 heterocycles. The molecule has 2 aromatic carbocycles. The summed E-state index contributed by atoms with van der Waals surface area (Å²) in [5.41, 5.74) is 11.3. The van der Waals surface area contributed by atoms with Crippen LogP contribution in [-0.4, -0.2) is 32.1 Å². The highest BCUT2D eigenvalue weighted by molar-refractivity contribution is 6.12. The van der Waals surface area contributed by atoms with Crippen molar-refractivity contribution in [1.29, 1.82) is 0 Å². The number of nitrogens with one attached hydrogen (secondary N) is 2. The highest BCUT2D eigenvalue weighted by atomic mass is 19.1. The number of rotatable bonds is 5. The number of benzene rings is 2. The second-order valence-corrected chi connectivity index (χ2v) is 8.96. The van der Waals surface area contributed by atoms with Crippen LogP contribution in [0.1, 0.15) is 33.6 Å². The molecule has 5 aromatic rings. The molecule has 186 valence electrons. The zero-order chi connectivity index (χ0) is 25.7. The number of aromatic nitrogens is 4. The molecule has 0 radical (unpaired) electrons. The molecular weight excluding hydrogens is 478 g/mol. The minimum absolute atomic E-state index is 0.00235. The van der Waals surface area contributed by atoms with Gasteiger partial charge >= 0.3 is 0 Å². The van der Waals surface area contributed by atoms with Crippen LogP contribution in [-0.2, 0) is 6.42 Å². The predicted octanol–water partition coefficient (Wildman–Crippen LogP) is 5.30. The fourth-order valence-corrected chi connectivity index (χ4v) is 4.58. The van der Waals surface area contributed by atoms with Crippen LogP contribution in [0, 0.1) is 18.6 Å². The highest BCUT2D eigenvalue weighted by Gasteiger charge is 2.22. The Morgan fingerprint density at radius 3 is 2.73 bits per heavy atom. The Hall–Kier alpha value is -4.73.